The molecule has 64 valence electrons. The maximum atomic E-state index is 5.38. The molecule has 4 nitrogen and oxygen atoms in total. The van der Waals surface area contributed by atoms with Crippen LogP contribution in [0.25, 0.3) is 0 Å². The lowest BCUT2D eigenvalue weighted by molar-refractivity contribution is 0.609. The zero-order valence-corrected chi connectivity index (χ0v) is 6.88. The summed E-state index contributed by atoms with van der Waals surface area (Å²) in [4.78, 5) is 4.13. The summed E-state index contributed by atoms with van der Waals surface area (Å²) in [6.45, 7) is 2.06. The first-order valence-electron chi connectivity index (χ1n) is 4.02. The van der Waals surface area contributed by atoms with Gasteiger partial charge in [0.05, 0.1) is 6.04 Å². The van der Waals surface area contributed by atoms with E-state index in [1.807, 2.05) is 0 Å². The molecule has 0 aromatic carbocycles. The van der Waals surface area contributed by atoms with Crippen LogP contribution in [-0.2, 0) is 0 Å². The molecule has 0 aliphatic heterocycles. The zero-order chi connectivity index (χ0) is 8.27. The molecular weight excluding hydrogens is 140 g/mol. The first-order valence-corrected chi connectivity index (χ1v) is 4.02. The van der Waals surface area contributed by atoms with Gasteiger partial charge in [0, 0.05) is 0 Å². The molecule has 1 aliphatic carbocycles. The molecule has 1 aliphatic rings. The van der Waals surface area contributed by atoms with Crippen molar-refractivity contribution < 1.29 is 0 Å². The van der Waals surface area contributed by atoms with Gasteiger partial charge in [-0.25, -0.2) is 10.8 Å². The predicted molar refractivity (Wildman–Crippen MR) is 45.7 cm³/mol. The van der Waals surface area contributed by atoms with Crippen LogP contribution in [0.5, 0.6) is 0 Å². The molecule has 0 saturated heterocycles. The van der Waals surface area contributed by atoms with Crippen LogP contribution >= 0.6 is 0 Å². The highest BCUT2D eigenvalue weighted by atomic mass is 15.3. The van der Waals surface area contributed by atoms with Gasteiger partial charge < -0.3 is 5.73 Å². The van der Waals surface area contributed by atoms with Crippen molar-refractivity contribution in [3.8, 4) is 0 Å². The van der Waals surface area contributed by atoms with Gasteiger partial charge >= 0.3 is 0 Å². The van der Waals surface area contributed by atoms with Crippen molar-refractivity contribution in [1.29, 1.82) is 0 Å². The van der Waals surface area contributed by atoms with Gasteiger partial charge in [-0.2, -0.15) is 0 Å². The molecule has 0 spiro atoms. The minimum absolute atomic E-state index is 0.304. The fraction of sp³-hybridized carbons (Fsp3) is 0.857. The van der Waals surface area contributed by atoms with E-state index in [1.165, 1.54) is 12.8 Å². The quantitative estimate of drug-likeness (QED) is 0.232. The number of aliphatic imine (C=N–C) groups is 1. The highest BCUT2D eigenvalue weighted by Crippen LogP contribution is 2.33. The van der Waals surface area contributed by atoms with E-state index in [0.717, 1.165) is 12.3 Å². The lowest BCUT2D eigenvalue weighted by Gasteiger charge is -2.05. The second-order valence-electron chi connectivity index (χ2n) is 3.19. The molecule has 1 rings (SSSR count). The average molecular weight is 156 g/mol. The number of guanidine groups is 1. The third-order valence-electron chi connectivity index (χ3n) is 1.88. The number of nitrogens with one attached hydrogen (secondary N) is 1. The predicted octanol–water partition coefficient (Wildman–Crippen LogP) is -0.0470. The smallest absolute Gasteiger partial charge is 0.203 e. The molecule has 0 radical (unpaired) electrons. The Kier molecular flexibility index (Phi) is 2.70. The Morgan fingerprint density at radius 3 is 2.82 bits per heavy atom. The normalized spacial score (nSPS) is 21.5. The van der Waals surface area contributed by atoms with Crippen molar-refractivity contribution in [3.05, 3.63) is 0 Å². The Balaban J connectivity index is 2.22. The number of hydrogen-bond acceptors (Lipinski definition) is 2. The van der Waals surface area contributed by atoms with Crippen LogP contribution in [0, 0.1) is 5.92 Å². The van der Waals surface area contributed by atoms with E-state index in [-0.39, 0.29) is 0 Å². The molecule has 5 N–H and O–H groups in total. The van der Waals surface area contributed by atoms with Gasteiger partial charge in [-0.05, 0) is 19.3 Å². The Bertz CT molecular complexity index is 151. The monoisotopic (exact) mass is 156 g/mol. The van der Waals surface area contributed by atoms with E-state index in [4.69, 9.17) is 11.6 Å². The molecule has 0 aromatic rings. The summed E-state index contributed by atoms with van der Waals surface area (Å²) in [6, 6.07) is 0.304. The van der Waals surface area contributed by atoms with E-state index in [9.17, 15) is 0 Å². The summed E-state index contributed by atoms with van der Waals surface area (Å²) in [5.41, 5.74) is 7.70. The van der Waals surface area contributed by atoms with Crippen LogP contribution in [-0.4, -0.2) is 12.0 Å². The van der Waals surface area contributed by atoms with Gasteiger partial charge in [-0.3, -0.25) is 5.43 Å². The lowest BCUT2D eigenvalue weighted by atomic mass is 10.2. The fourth-order valence-electron chi connectivity index (χ4n) is 1.16. The number of nitrogens with two attached hydrogens (primary N) is 2. The first-order chi connectivity index (χ1) is 5.22. The highest BCUT2D eigenvalue weighted by Gasteiger charge is 2.23. The van der Waals surface area contributed by atoms with E-state index in [0.29, 0.717) is 12.0 Å². The summed E-state index contributed by atoms with van der Waals surface area (Å²) in [7, 11) is 0. The second kappa shape index (κ2) is 3.57. The largest absolute Gasteiger partial charge is 0.369 e. The zero-order valence-electron chi connectivity index (χ0n) is 6.88. The van der Waals surface area contributed by atoms with Crippen LogP contribution < -0.4 is 17.0 Å². The standard InChI is InChI=1S/C7H16N4/c1-5(4-6-2-3-6)10-7(8)11-9/h5-6H,2-4,9H2,1H3,(H3,8,10,11). The number of nitrogens with zero attached hydrogens (tertiary/aromatic N) is 1. The molecule has 1 saturated carbocycles. The topological polar surface area (TPSA) is 76.4 Å². The van der Waals surface area contributed by atoms with E-state index in [2.05, 4.69) is 17.3 Å². The molecular formula is C7H16N4. The molecule has 1 unspecified atom stereocenters. The third kappa shape index (κ3) is 3.23. The fourth-order valence-corrected chi connectivity index (χ4v) is 1.16. The van der Waals surface area contributed by atoms with Crippen molar-refractivity contribution in [2.24, 2.45) is 22.5 Å². The van der Waals surface area contributed by atoms with Crippen molar-refractivity contribution in [1.82, 2.24) is 5.43 Å². The van der Waals surface area contributed by atoms with Gasteiger partial charge in [-0.15, -0.1) is 0 Å². The summed E-state index contributed by atoms with van der Waals surface area (Å²) in [5, 5.41) is 0. The minimum atomic E-state index is 0.304. The molecule has 1 fully saturated rings. The summed E-state index contributed by atoms with van der Waals surface area (Å²) >= 11 is 0. The second-order valence-corrected chi connectivity index (χ2v) is 3.19. The number of hydrogen-bond donors (Lipinski definition) is 3. The molecule has 4 heteroatoms. The molecule has 1 atom stereocenters. The van der Waals surface area contributed by atoms with Gasteiger partial charge in [-0.1, -0.05) is 12.8 Å². The van der Waals surface area contributed by atoms with Gasteiger partial charge in [0.2, 0.25) is 5.96 Å². The Labute approximate surface area is 67.0 Å². The Morgan fingerprint density at radius 1 is 1.73 bits per heavy atom. The van der Waals surface area contributed by atoms with Crippen LogP contribution in [0.1, 0.15) is 26.2 Å². The van der Waals surface area contributed by atoms with E-state index < -0.39 is 0 Å². The van der Waals surface area contributed by atoms with E-state index >= 15 is 0 Å². The Hall–Kier alpha value is -0.770. The number of rotatable bonds is 3. The molecule has 0 bridgehead atoms. The van der Waals surface area contributed by atoms with Crippen LogP contribution in [0.4, 0.5) is 0 Å². The van der Waals surface area contributed by atoms with E-state index in [1.54, 1.807) is 0 Å². The Morgan fingerprint density at radius 2 is 2.36 bits per heavy atom. The van der Waals surface area contributed by atoms with Gasteiger partial charge in [0.25, 0.3) is 0 Å². The molecule has 0 heterocycles. The van der Waals surface area contributed by atoms with Crippen molar-refractivity contribution in [3.63, 3.8) is 0 Å². The summed E-state index contributed by atoms with van der Waals surface area (Å²) in [6.07, 6.45) is 3.86. The average Bonchev–Trinajstić information content (AvgIpc) is 2.71. The maximum Gasteiger partial charge on any atom is 0.203 e. The minimum Gasteiger partial charge on any atom is -0.369 e. The van der Waals surface area contributed by atoms with Crippen molar-refractivity contribution in [2.75, 3.05) is 0 Å². The summed E-state index contributed by atoms with van der Waals surface area (Å²) in [5.74, 6) is 6.28. The third-order valence-corrected chi connectivity index (χ3v) is 1.88. The molecule has 0 aromatic heterocycles. The van der Waals surface area contributed by atoms with Crippen LogP contribution in [0.2, 0.25) is 0 Å². The van der Waals surface area contributed by atoms with Crippen molar-refractivity contribution in [2.45, 2.75) is 32.2 Å². The van der Waals surface area contributed by atoms with Crippen molar-refractivity contribution >= 4 is 5.96 Å². The number of hydrazine groups is 1. The molecule has 0 amide bonds. The maximum absolute atomic E-state index is 5.38. The lowest BCUT2D eigenvalue weighted by Crippen LogP contribution is -2.37. The van der Waals surface area contributed by atoms with Gasteiger partial charge in [0.15, 0.2) is 0 Å². The SMILES string of the molecule is CC(CC1CC1)N=C(N)NN. The summed E-state index contributed by atoms with van der Waals surface area (Å²) < 4.78 is 0. The van der Waals surface area contributed by atoms with Crippen LogP contribution in [0.15, 0.2) is 4.99 Å². The first kappa shape index (κ1) is 8.33. The van der Waals surface area contributed by atoms with Crippen LogP contribution in [0.3, 0.4) is 0 Å². The van der Waals surface area contributed by atoms with Gasteiger partial charge in [0.1, 0.15) is 0 Å². The molecule has 11 heavy (non-hydrogen) atoms. The highest BCUT2D eigenvalue weighted by molar-refractivity contribution is 5.77.